The van der Waals surface area contributed by atoms with Crippen LogP contribution in [0.3, 0.4) is 0 Å². The lowest BCUT2D eigenvalue weighted by Gasteiger charge is -2.21. The highest BCUT2D eigenvalue weighted by atomic mass is 16.4. The normalized spacial score (nSPS) is 25.0. The topological polar surface area (TPSA) is 91.5 Å². The van der Waals surface area contributed by atoms with Crippen molar-refractivity contribution in [3.05, 3.63) is 5.89 Å². The molecule has 1 amide bonds. The Morgan fingerprint density at radius 1 is 1.47 bits per heavy atom. The first-order valence-corrected chi connectivity index (χ1v) is 6.49. The van der Waals surface area contributed by atoms with E-state index in [9.17, 15) is 9.90 Å². The van der Waals surface area contributed by atoms with E-state index in [0.29, 0.717) is 18.9 Å². The summed E-state index contributed by atoms with van der Waals surface area (Å²) in [4.78, 5) is 13.8. The fraction of sp³-hybridized carbons (Fsp3) is 0.750. The molecule has 0 radical (unpaired) electrons. The molecule has 0 saturated carbocycles. The van der Waals surface area contributed by atoms with Crippen molar-refractivity contribution in [1.29, 1.82) is 0 Å². The number of likely N-dealkylation sites (tertiary alicyclic amines) is 1. The number of amides is 1. The van der Waals surface area contributed by atoms with E-state index in [4.69, 9.17) is 4.42 Å². The third-order valence-corrected chi connectivity index (χ3v) is 3.30. The second-order valence-corrected chi connectivity index (χ2v) is 5.30. The highest BCUT2D eigenvalue weighted by Crippen LogP contribution is 2.21. The van der Waals surface area contributed by atoms with E-state index in [0.717, 1.165) is 19.4 Å². The summed E-state index contributed by atoms with van der Waals surface area (Å²) in [6, 6.07) is 0.129. The number of rotatable bonds is 3. The van der Waals surface area contributed by atoms with Gasteiger partial charge in [0, 0.05) is 13.5 Å². The zero-order valence-corrected chi connectivity index (χ0v) is 11.3. The van der Waals surface area contributed by atoms with Crippen molar-refractivity contribution in [2.45, 2.75) is 38.7 Å². The predicted octanol–water partition coefficient (Wildman–Crippen LogP) is 0.553. The van der Waals surface area contributed by atoms with Gasteiger partial charge in [0.05, 0.1) is 12.1 Å². The molecule has 0 aromatic carbocycles. The average Bonchev–Trinajstić information content (AvgIpc) is 2.63. The van der Waals surface area contributed by atoms with Crippen LogP contribution in [0.4, 0.5) is 6.01 Å². The number of nitrogens with one attached hydrogen (secondary N) is 1. The summed E-state index contributed by atoms with van der Waals surface area (Å²) in [5.41, 5.74) is -0.616. The molecule has 1 aromatic rings. The van der Waals surface area contributed by atoms with Gasteiger partial charge in [-0.25, -0.2) is 0 Å². The van der Waals surface area contributed by atoms with E-state index in [1.54, 1.807) is 6.92 Å². The Morgan fingerprint density at radius 3 is 2.95 bits per heavy atom. The molecule has 106 valence electrons. The minimum atomic E-state index is -0.616. The molecule has 1 fully saturated rings. The molecule has 2 heterocycles. The van der Waals surface area contributed by atoms with Crippen LogP contribution < -0.4 is 5.32 Å². The third kappa shape index (κ3) is 4.29. The van der Waals surface area contributed by atoms with Crippen molar-refractivity contribution in [3.8, 4) is 0 Å². The van der Waals surface area contributed by atoms with E-state index in [-0.39, 0.29) is 18.5 Å². The second-order valence-electron chi connectivity index (χ2n) is 5.30. The molecule has 1 aliphatic rings. The van der Waals surface area contributed by atoms with Gasteiger partial charge in [-0.15, -0.1) is 5.10 Å². The number of nitrogens with zero attached hydrogens (tertiary/aromatic N) is 3. The highest BCUT2D eigenvalue weighted by Gasteiger charge is 2.25. The largest absolute Gasteiger partial charge is 0.408 e. The Bertz CT molecular complexity index is 444. The van der Waals surface area contributed by atoms with Gasteiger partial charge in [0.2, 0.25) is 11.8 Å². The number of aromatic nitrogens is 2. The van der Waals surface area contributed by atoms with E-state index in [1.807, 2.05) is 11.8 Å². The monoisotopic (exact) mass is 268 g/mol. The molecule has 2 N–H and O–H groups in total. The van der Waals surface area contributed by atoms with Gasteiger partial charge in [0.1, 0.15) is 0 Å². The maximum atomic E-state index is 11.8. The number of aliphatic hydroxyl groups is 1. The van der Waals surface area contributed by atoms with Gasteiger partial charge in [-0.05, 0) is 32.7 Å². The van der Waals surface area contributed by atoms with Crippen LogP contribution in [0.1, 0.15) is 32.1 Å². The molecule has 7 nitrogen and oxygen atoms in total. The molecule has 1 unspecified atom stereocenters. The zero-order valence-electron chi connectivity index (χ0n) is 11.3. The van der Waals surface area contributed by atoms with E-state index in [1.165, 1.54) is 0 Å². The standard InChI is InChI=1S/C12H20N4O3/c1-9-14-15-11(19-9)13-10(17)8-16-6-3-4-12(2,18)5-7-16/h18H,3-8H2,1-2H3,(H,13,15,17). The Morgan fingerprint density at radius 2 is 2.26 bits per heavy atom. The Hall–Kier alpha value is -1.47. The number of carbonyl (C=O) groups excluding carboxylic acids is 1. The molecule has 0 bridgehead atoms. The van der Waals surface area contributed by atoms with Gasteiger partial charge in [0.15, 0.2) is 0 Å². The number of carbonyl (C=O) groups is 1. The summed E-state index contributed by atoms with van der Waals surface area (Å²) in [7, 11) is 0. The molecular formula is C12H20N4O3. The van der Waals surface area contributed by atoms with Crippen LogP contribution in [-0.4, -0.2) is 51.3 Å². The van der Waals surface area contributed by atoms with Crippen LogP contribution in [-0.2, 0) is 4.79 Å². The van der Waals surface area contributed by atoms with Crippen LogP contribution >= 0.6 is 0 Å². The zero-order chi connectivity index (χ0) is 13.9. The molecule has 0 aliphatic carbocycles. The third-order valence-electron chi connectivity index (χ3n) is 3.30. The summed E-state index contributed by atoms with van der Waals surface area (Å²) in [6.45, 7) is 5.31. The molecule has 1 aliphatic heterocycles. The van der Waals surface area contributed by atoms with Crippen LogP contribution in [0.5, 0.6) is 0 Å². The second kappa shape index (κ2) is 5.66. The fourth-order valence-corrected chi connectivity index (χ4v) is 2.19. The van der Waals surface area contributed by atoms with Crippen LogP contribution in [0.25, 0.3) is 0 Å². The first-order valence-electron chi connectivity index (χ1n) is 6.49. The summed E-state index contributed by atoms with van der Waals surface area (Å²) in [5.74, 6) is 0.242. The maximum absolute atomic E-state index is 11.8. The Balaban J connectivity index is 1.82. The van der Waals surface area contributed by atoms with Gasteiger partial charge in [-0.3, -0.25) is 15.0 Å². The molecule has 0 spiro atoms. The van der Waals surface area contributed by atoms with Crippen LogP contribution in [0, 0.1) is 6.92 Å². The molecule has 7 heteroatoms. The quantitative estimate of drug-likeness (QED) is 0.832. The first-order chi connectivity index (χ1) is 8.94. The Labute approximate surface area is 112 Å². The highest BCUT2D eigenvalue weighted by molar-refractivity contribution is 5.90. The molecule has 1 aromatic heterocycles. The summed E-state index contributed by atoms with van der Waals surface area (Å²) >= 11 is 0. The number of hydrogen-bond donors (Lipinski definition) is 2. The number of aryl methyl sites for hydroxylation is 1. The fourth-order valence-electron chi connectivity index (χ4n) is 2.19. The lowest BCUT2D eigenvalue weighted by molar-refractivity contribution is -0.117. The summed E-state index contributed by atoms with van der Waals surface area (Å²) < 4.78 is 5.09. The predicted molar refractivity (Wildman–Crippen MR) is 68.6 cm³/mol. The summed E-state index contributed by atoms with van der Waals surface area (Å²) in [6.07, 6.45) is 2.34. The minimum absolute atomic E-state index is 0.129. The lowest BCUT2D eigenvalue weighted by Crippen LogP contribution is -2.35. The molecule has 2 rings (SSSR count). The summed E-state index contributed by atoms with van der Waals surface area (Å²) in [5, 5.41) is 19.9. The Kier molecular flexibility index (Phi) is 4.16. The van der Waals surface area contributed by atoms with E-state index in [2.05, 4.69) is 15.5 Å². The van der Waals surface area contributed by atoms with Crippen molar-refractivity contribution < 1.29 is 14.3 Å². The maximum Gasteiger partial charge on any atom is 0.322 e. The molecule has 19 heavy (non-hydrogen) atoms. The van der Waals surface area contributed by atoms with Crippen molar-refractivity contribution in [2.24, 2.45) is 0 Å². The average molecular weight is 268 g/mol. The van der Waals surface area contributed by atoms with Crippen LogP contribution in [0.15, 0.2) is 4.42 Å². The minimum Gasteiger partial charge on any atom is -0.408 e. The smallest absolute Gasteiger partial charge is 0.322 e. The molecular weight excluding hydrogens is 248 g/mol. The van der Waals surface area contributed by atoms with E-state index < -0.39 is 5.60 Å². The number of hydrogen-bond acceptors (Lipinski definition) is 6. The van der Waals surface area contributed by atoms with Gasteiger partial charge < -0.3 is 9.52 Å². The first kappa shape index (κ1) is 14.0. The molecule has 1 saturated heterocycles. The van der Waals surface area contributed by atoms with Gasteiger partial charge >= 0.3 is 6.01 Å². The van der Waals surface area contributed by atoms with Gasteiger partial charge in [-0.2, -0.15) is 0 Å². The van der Waals surface area contributed by atoms with Gasteiger partial charge in [-0.1, -0.05) is 5.10 Å². The molecule has 1 atom stereocenters. The van der Waals surface area contributed by atoms with Crippen molar-refractivity contribution in [2.75, 3.05) is 25.0 Å². The van der Waals surface area contributed by atoms with Crippen molar-refractivity contribution in [1.82, 2.24) is 15.1 Å². The van der Waals surface area contributed by atoms with Crippen molar-refractivity contribution in [3.63, 3.8) is 0 Å². The number of anilines is 1. The van der Waals surface area contributed by atoms with Crippen molar-refractivity contribution >= 4 is 11.9 Å². The van der Waals surface area contributed by atoms with Crippen LogP contribution in [0.2, 0.25) is 0 Å². The lowest BCUT2D eigenvalue weighted by atomic mass is 9.98. The van der Waals surface area contributed by atoms with Gasteiger partial charge in [0.25, 0.3) is 0 Å². The SMILES string of the molecule is Cc1nnc(NC(=O)CN2CCCC(C)(O)CC2)o1. The van der Waals surface area contributed by atoms with E-state index >= 15 is 0 Å².